The number of nitrogens with zero attached hydrogens (tertiary/aromatic N) is 2. The van der Waals surface area contributed by atoms with Gasteiger partial charge in [0.25, 0.3) is 0 Å². The highest BCUT2D eigenvalue weighted by Gasteiger charge is 2.10. The number of ether oxygens (including phenoxy) is 1. The first kappa shape index (κ1) is 18.7. The van der Waals surface area contributed by atoms with Gasteiger partial charge >= 0.3 is 0 Å². The Morgan fingerprint density at radius 3 is 2.38 bits per heavy atom. The van der Waals surface area contributed by atoms with Gasteiger partial charge in [-0.15, -0.1) is 11.3 Å². The van der Waals surface area contributed by atoms with Crippen molar-refractivity contribution in [2.45, 2.75) is 6.61 Å². The van der Waals surface area contributed by atoms with Crippen LogP contribution in [0.2, 0.25) is 0 Å². The van der Waals surface area contributed by atoms with Gasteiger partial charge in [0, 0.05) is 16.5 Å². The molecule has 0 unspecified atom stereocenters. The van der Waals surface area contributed by atoms with Crippen LogP contribution in [-0.4, -0.2) is 4.98 Å². The summed E-state index contributed by atoms with van der Waals surface area (Å²) in [6, 6.07) is 30.0. The number of para-hydroxylation sites is 1. The lowest BCUT2D eigenvalue weighted by molar-refractivity contribution is 0.305. The minimum atomic E-state index is 0.475. The van der Waals surface area contributed by atoms with E-state index in [1.54, 1.807) is 0 Å². The van der Waals surface area contributed by atoms with Crippen molar-refractivity contribution in [1.82, 2.24) is 4.98 Å². The summed E-state index contributed by atoms with van der Waals surface area (Å²) >= 11 is 1.47. The Morgan fingerprint density at radius 1 is 0.931 bits per heavy atom. The molecule has 0 saturated heterocycles. The van der Waals surface area contributed by atoms with Gasteiger partial charge in [-0.3, -0.25) is 0 Å². The van der Waals surface area contributed by atoms with Gasteiger partial charge in [-0.1, -0.05) is 78.9 Å². The Kier molecular flexibility index (Phi) is 5.80. The van der Waals surface area contributed by atoms with E-state index in [2.05, 4.69) is 11.1 Å². The molecule has 0 aliphatic carbocycles. The summed E-state index contributed by atoms with van der Waals surface area (Å²) in [6.45, 7) is 0.475. The van der Waals surface area contributed by atoms with E-state index >= 15 is 0 Å². The van der Waals surface area contributed by atoms with E-state index < -0.39 is 0 Å². The van der Waals surface area contributed by atoms with Gasteiger partial charge in [0.05, 0.1) is 11.3 Å². The predicted octanol–water partition coefficient (Wildman–Crippen LogP) is 6.45. The van der Waals surface area contributed by atoms with Crippen molar-refractivity contribution in [2.75, 3.05) is 0 Å². The van der Waals surface area contributed by atoms with E-state index in [9.17, 15) is 5.26 Å². The van der Waals surface area contributed by atoms with Crippen LogP contribution in [0.4, 0.5) is 0 Å². The highest BCUT2D eigenvalue weighted by Crippen LogP contribution is 2.29. The molecule has 140 valence electrons. The Bertz CT molecular complexity index is 1160. The molecule has 29 heavy (non-hydrogen) atoms. The molecule has 0 saturated carbocycles. The average molecular weight is 394 g/mol. The molecule has 0 amide bonds. The van der Waals surface area contributed by atoms with Gasteiger partial charge in [0.2, 0.25) is 0 Å². The molecule has 4 rings (SSSR count). The lowest BCUT2D eigenvalue weighted by Gasteiger charge is -2.09. The van der Waals surface area contributed by atoms with Crippen LogP contribution >= 0.6 is 11.3 Å². The van der Waals surface area contributed by atoms with Crippen LogP contribution in [0.3, 0.4) is 0 Å². The van der Waals surface area contributed by atoms with Crippen LogP contribution in [0.15, 0.2) is 90.3 Å². The minimum absolute atomic E-state index is 0.475. The summed E-state index contributed by atoms with van der Waals surface area (Å²) in [5.41, 5.74) is 4.39. The zero-order chi connectivity index (χ0) is 19.9. The monoisotopic (exact) mass is 394 g/mol. The second kappa shape index (κ2) is 9.01. The molecule has 4 aromatic rings. The molecular formula is C25H18N2OS. The van der Waals surface area contributed by atoms with Crippen molar-refractivity contribution < 1.29 is 4.74 Å². The van der Waals surface area contributed by atoms with Gasteiger partial charge in [-0.05, 0) is 17.7 Å². The summed E-state index contributed by atoms with van der Waals surface area (Å²) < 4.78 is 6.01. The van der Waals surface area contributed by atoms with E-state index in [-0.39, 0.29) is 0 Å². The lowest BCUT2D eigenvalue weighted by Crippen LogP contribution is -1.96. The Balaban J connectivity index is 1.60. The molecule has 0 N–H and O–H groups in total. The number of nitriles is 1. The maximum atomic E-state index is 9.73. The standard InChI is InChI=1S/C25H18N2OS/c26-16-22(25-27-23(18-29-25)20-11-5-2-6-12-20)15-21-13-7-8-14-24(21)28-17-19-9-3-1-4-10-19/h1-15,18H,17H2/b22-15-. The summed E-state index contributed by atoms with van der Waals surface area (Å²) in [5.74, 6) is 0.740. The normalized spacial score (nSPS) is 11.1. The second-order valence-corrected chi connectivity index (χ2v) is 7.24. The summed E-state index contributed by atoms with van der Waals surface area (Å²) in [6.07, 6.45) is 1.84. The quantitative estimate of drug-likeness (QED) is 0.353. The molecule has 0 aliphatic rings. The molecule has 0 bridgehead atoms. The number of thiazole rings is 1. The second-order valence-electron chi connectivity index (χ2n) is 6.39. The molecule has 1 heterocycles. The number of hydrogen-bond acceptors (Lipinski definition) is 4. The average Bonchev–Trinajstić information content (AvgIpc) is 3.28. The van der Waals surface area contributed by atoms with Crippen LogP contribution in [0.1, 0.15) is 16.1 Å². The lowest BCUT2D eigenvalue weighted by atomic mass is 10.1. The highest BCUT2D eigenvalue weighted by molar-refractivity contribution is 7.11. The largest absolute Gasteiger partial charge is 0.488 e. The molecule has 0 spiro atoms. The molecule has 0 atom stereocenters. The Hall–Kier alpha value is -3.68. The van der Waals surface area contributed by atoms with Gasteiger partial charge in [-0.25, -0.2) is 4.98 Å². The molecule has 3 nitrogen and oxygen atoms in total. The first-order valence-corrected chi connectivity index (χ1v) is 10.1. The third-order valence-corrected chi connectivity index (χ3v) is 5.26. The SMILES string of the molecule is N#C/C(=C/c1ccccc1OCc1ccccc1)c1nc(-c2ccccc2)cs1. The zero-order valence-electron chi connectivity index (χ0n) is 15.7. The number of hydrogen-bond donors (Lipinski definition) is 0. The van der Waals surface area contributed by atoms with Gasteiger partial charge in [0.15, 0.2) is 0 Å². The topological polar surface area (TPSA) is 45.9 Å². The van der Waals surface area contributed by atoms with Crippen molar-refractivity contribution in [3.8, 4) is 23.1 Å². The number of rotatable bonds is 6. The van der Waals surface area contributed by atoms with E-state index in [1.807, 2.05) is 96.4 Å². The fourth-order valence-corrected chi connectivity index (χ4v) is 3.70. The van der Waals surface area contributed by atoms with Gasteiger partial charge < -0.3 is 4.74 Å². The van der Waals surface area contributed by atoms with E-state index in [0.29, 0.717) is 17.2 Å². The van der Waals surface area contributed by atoms with Gasteiger partial charge in [-0.2, -0.15) is 5.26 Å². The third kappa shape index (κ3) is 4.60. The molecule has 4 heteroatoms. The van der Waals surface area contributed by atoms with Crippen molar-refractivity contribution in [3.05, 3.63) is 106 Å². The third-order valence-electron chi connectivity index (χ3n) is 4.38. The molecule has 0 fully saturated rings. The van der Waals surface area contributed by atoms with Crippen molar-refractivity contribution in [3.63, 3.8) is 0 Å². The van der Waals surface area contributed by atoms with Crippen LogP contribution in [0.5, 0.6) is 5.75 Å². The van der Waals surface area contributed by atoms with Crippen molar-refractivity contribution in [2.24, 2.45) is 0 Å². The van der Waals surface area contributed by atoms with Crippen molar-refractivity contribution >= 4 is 23.0 Å². The summed E-state index contributed by atoms with van der Waals surface area (Å²) in [5, 5.41) is 12.4. The summed E-state index contributed by atoms with van der Waals surface area (Å²) in [4.78, 5) is 4.66. The van der Waals surface area contributed by atoms with E-state index in [0.717, 1.165) is 28.1 Å². The van der Waals surface area contributed by atoms with Crippen LogP contribution < -0.4 is 4.74 Å². The molecule has 1 aromatic heterocycles. The molecule has 0 aliphatic heterocycles. The minimum Gasteiger partial charge on any atom is -0.488 e. The summed E-state index contributed by atoms with van der Waals surface area (Å²) in [7, 11) is 0. The fourth-order valence-electron chi connectivity index (χ4n) is 2.90. The van der Waals surface area contributed by atoms with Crippen LogP contribution in [0.25, 0.3) is 22.9 Å². The maximum Gasteiger partial charge on any atom is 0.134 e. The Labute approximate surface area is 174 Å². The van der Waals surface area contributed by atoms with Crippen LogP contribution in [0, 0.1) is 11.3 Å². The van der Waals surface area contributed by atoms with Crippen molar-refractivity contribution in [1.29, 1.82) is 5.26 Å². The molecular weight excluding hydrogens is 376 g/mol. The number of benzene rings is 3. The predicted molar refractivity (Wildman–Crippen MR) is 118 cm³/mol. The highest BCUT2D eigenvalue weighted by atomic mass is 32.1. The zero-order valence-corrected chi connectivity index (χ0v) is 16.5. The molecule has 3 aromatic carbocycles. The Morgan fingerprint density at radius 2 is 1.62 bits per heavy atom. The fraction of sp³-hybridized carbons (Fsp3) is 0.0400. The van der Waals surface area contributed by atoms with E-state index in [4.69, 9.17) is 4.74 Å². The van der Waals surface area contributed by atoms with Gasteiger partial charge in [0.1, 0.15) is 23.4 Å². The smallest absolute Gasteiger partial charge is 0.134 e. The number of aromatic nitrogens is 1. The number of allylic oxidation sites excluding steroid dienone is 1. The first-order valence-electron chi connectivity index (χ1n) is 9.22. The first-order chi connectivity index (χ1) is 14.3. The van der Waals surface area contributed by atoms with Crippen LogP contribution in [-0.2, 0) is 6.61 Å². The maximum absolute atomic E-state index is 9.73. The molecule has 0 radical (unpaired) electrons. The van der Waals surface area contributed by atoms with E-state index in [1.165, 1.54) is 11.3 Å².